The number of esters is 2. The smallest absolute Gasteiger partial charge is 0.308 e. The quantitative estimate of drug-likeness (QED) is 0.371. The summed E-state index contributed by atoms with van der Waals surface area (Å²) in [6.07, 6.45) is 9.69. The van der Waals surface area contributed by atoms with Gasteiger partial charge in [-0.25, -0.2) is 9.78 Å². The molecule has 0 N–H and O–H groups in total. The molecule has 0 aromatic heterocycles. The van der Waals surface area contributed by atoms with Crippen LogP contribution in [0.4, 0.5) is 0 Å². The van der Waals surface area contributed by atoms with Gasteiger partial charge in [0.25, 0.3) is 0 Å². The summed E-state index contributed by atoms with van der Waals surface area (Å²) in [5.41, 5.74) is 0.468. The van der Waals surface area contributed by atoms with Crippen molar-refractivity contribution < 1.29 is 28.8 Å². The van der Waals surface area contributed by atoms with E-state index in [1.807, 2.05) is 6.92 Å². The average Bonchev–Trinajstić information content (AvgIpc) is 3.10. The number of methoxy groups -OCH3 is 1. The number of carbonyl (C=O) groups excluding carboxylic acids is 2. The van der Waals surface area contributed by atoms with E-state index in [1.165, 1.54) is 19.6 Å². The number of ether oxygens (including phenoxy) is 2. The minimum absolute atomic E-state index is 0.0108. The van der Waals surface area contributed by atoms with E-state index < -0.39 is 11.2 Å². The summed E-state index contributed by atoms with van der Waals surface area (Å²) in [5.74, 6) is 0.156. The highest BCUT2D eigenvalue weighted by atomic mass is 17.2. The van der Waals surface area contributed by atoms with Gasteiger partial charge in [-0.3, -0.25) is 9.59 Å². The van der Waals surface area contributed by atoms with Crippen molar-refractivity contribution in [1.29, 1.82) is 0 Å². The normalized spacial score (nSPS) is 48.7. The third kappa shape index (κ3) is 2.64. The van der Waals surface area contributed by atoms with Gasteiger partial charge in [0.05, 0.1) is 13.0 Å². The zero-order valence-corrected chi connectivity index (χ0v) is 19.5. The lowest BCUT2D eigenvalue weighted by atomic mass is 9.44. The van der Waals surface area contributed by atoms with Crippen molar-refractivity contribution >= 4 is 11.9 Å². The van der Waals surface area contributed by atoms with Gasteiger partial charge in [-0.15, -0.1) is 0 Å². The van der Waals surface area contributed by atoms with Crippen molar-refractivity contribution in [1.82, 2.24) is 0 Å². The molecule has 6 rings (SSSR count). The summed E-state index contributed by atoms with van der Waals surface area (Å²) in [5, 5.41) is 0. The van der Waals surface area contributed by atoms with E-state index in [0.717, 1.165) is 44.9 Å². The number of fused-ring (bicyclic) bond motifs is 3. The Balaban J connectivity index is 1.50. The first-order chi connectivity index (χ1) is 14.6. The predicted molar refractivity (Wildman–Crippen MR) is 113 cm³/mol. The Morgan fingerprint density at radius 1 is 1.13 bits per heavy atom. The van der Waals surface area contributed by atoms with Gasteiger partial charge < -0.3 is 9.47 Å². The van der Waals surface area contributed by atoms with Crippen LogP contribution in [0.1, 0.15) is 79.1 Å². The van der Waals surface area contributed by atoms with E-state index in [-0.39, 0.29) is 40.7 Å². The standard InChI is InChI=1S/C25H36O6/c1-15(21(27)28-5)18-6-7-19-22(18,3)10-9-20-23(4)11-8-17(29-16(2)26)14-24(23)12-13-25(19,20)31-30-24/h9,15,17-19H,6-8,10-14H2,1-5H3/t15-,17+,18-,19-,22-,23+,24-,25-/m0/s1. The van der Waals surface area contributed by atoms with Gasteiger partial charge in [-0.05, 0) is 61.9 Å². The van der Waals surface area contributed by atoms with E-state index in [1.54, 1.807) is 0 Å². The van der Waals surface area contributed by atoms with Crippen LogP contribution in [0.3, 0.4) is 0 Å². The number of hydrogen-bond donors (Lipinski definition) is 0. The average molecular weight is 433 g/mol. The molecule has 5 fully saturated rings. The second-order valence-corrected chi connectivity index (χ2v) is 11.2. The molecule has 6 nitrogen and oxygen atoms in total. The maximum Gasteiger partial charge on any atom is 0.308 e. The fourth-order valence-electron chi connectivity index (χ4n) is 8.50. The number of carbonyl (C=O) groups is 2. The Morgan fingerprint density at radius 2 is 1.90 bits per heavy atom. The molecule has 3 saturated carbocycles. The zero-order valence-electron chi connectivity index (χ0n) is 19.5. The molecule has 0 aromatic rings. The molecule has 4 aliphatic carbocycles. The summed E-state index contributed by atoms with van der Waals surface area (Å²) in [7, 11) is 1.48. The van der Waals surface area contributed by atoms with Crippen LogP contribution in [0, 0.1) is 28.6 Å². The molecule has 2 saturated heterocycles. The minimum Gasteiger partial charge on any atom is -0.469 e. The first-order valence-corrected chi connectivity index (χ1v) is 11.9. The molecule has 6 aliphatic rings. The molecule has 31 heavy (non-hydrogen) atoms. The van der Waals surface area contributed by atoms with Crippen LogP contribution in [0.5, 0.6) is 0 Å². The van der Waals surface area contributed by atoms with E-state index in [0.29, 0.717) is 12.3 Å². The highest BCUT2D eigenvalue weighted by molar-refractivity contribution is 5.72. The van der Waals surface area contributed by atoms with Crippen LogP contribution in [-0.4, -0.2) is 36.4 Å². The fourth-order valence-corrected chi connectivity index (χ4v) is 8.50. The molecule has 172 valence electrons. The Kier molecular flexibility index (Phi) is 4.70. The zero-order chi connectivity index (χ0) is 22.2. The molecule has 0 radical (unpaired) electrons. The van der Waals surface area contributed by atoms with Gasteiger partial charge in [0.1, 0.15) is 17.3 Å². The second kappa shape index (κ2) is 6.80. The van der Waals surface area contributed by atoms with Crippen molar-refractivity contribution in [3.05, 3.63) is 11.6 Å². The van der Waals surface area contributed by atoms with Crippen molar-refractivity contribution in [3.8, 4) is 0 Å². The highest BCUT2D eigenvalue weighted by Gasteiger charge is 2.74. The maximum absolute atomic E-state index is 12.4. The summed E-state index contributed by atoms with van der Waals surface area (Å²) in [6, 6.07) is 0. The van der Waals surface area contributed by atoms with E-state index in [2.05, 4.69) is 19.9 Å². The van der Waals surface area contributed by atoms with Crippen LogP contribution in [0.25, 0.3) is 0 Å². The van der Waals surface area contributed by atoms with Crippen molar-refractivity contribution in [3.63, 3.8) is 0 Å². The van der Waals surface area contributed by atoms with Gasteiger partial charge >= 0.3 is 11.9 Å². The van der Waals surface area contributed by atoms with Gasteiger partial charge in [0.2, 0.25) is 0 Å². The minimum atomic E-state index is -0.427. The van der Waals surface area contributed by atoms with Gasteiger partial charge in [-0.1, -0.05) is 26.8 Å². The second-order valence-electron chi connectivity index (χ2n) is 11.2. The first kappa shape index (κ1) is 21.4. The maximum atomic E-state index is 12.4. The van der Waals surface area contributed by atoms with E-state index in [4.69, 9.17) is 19.2 Å². The molecule has 0 amide bonds. The van der Waals surface area contributed by atoms with Crippen LogP contribution < -0.4 is 0 Å². The molecule has 0 unspecified atom stereocenters. The monoisotopic (exact) mass is 432 g/mol. The van der Waals surface area contributed by atoms with E-state index in [9.17, 15) is 9.59 Å². The number of allylic oxidation sites excluding steroid dienone is 1. The number of rotatable bonds is 3. The lowest BCUT2D eigenvalue weighted by Crippen LogP contribution is -2.71. The van der Waals surface area contributed by atoms with Crippen LogP contribution >= 0.6 is 0 Å². The van der Waals surface area contributed by atoms with Gasteiger partial charge in [0, 0.05) is 24.7 Å². The van der Waals surface area contributed by atoms with Gasteiger partial charge in [-0.2, -0.15) is 0 Å². The summed E-state index contributed by atoms with van der Waals surface area (Å²) in [6.45, 7) is 8.18. The SMILES string of the molecule is COC(=O)[C@@H](C)[C@@H]1CC[C@H]2[C@@]1(C)CC=C1[C@]23CC[C@@]2(C[C@H](OC(C)=O)CC[C@]12C)OO3. The molecule has 2 heterocycles. The predicted octanol–water partition coefficient (Wildman–Crippen LogP) is 4.51. The van der Waals surface area contributed by atoms with Crippen LogP contribution in [0.15, 0.2) is 11.6 Å². The largest absolute Gasteiger partial charge is 0.469 e. The van der Waals surface area contributed by atoms with Crippen LogP contribution in [-0.2, 0) is 28.8 Å². The molecule has 2 aliphatic heterocycles. The Bertz CT molecular complexity index is 824. The van der Waals surface area contributed by atoms with Crippen molar-refractivity contribution in [2.45, 2.75) is 96.4 Å². The Hall–Kier alpha value is -1.40. The molecular formula is C25H36O6. The topological polar surface area (TPSA) is 71.1 Å². The summed E-state index contributed by atoms with van der Waals surface area (Å²) in [4.78, 5) is 36.7. The molecule has 2 spiro atoms. The lowest BCUT2D eigenvalue weighted by Gasteiger charge is -2.69. The summed E-state index contributed by atoms with van der Waals surface area (Å²) < 4.78 is 10.7. The third-order valence-electron chi connectivity index (χ3n) is 10.1. The molecular weight excluding hydrogens is 396 g/mol. The van der Waals surface area contributed by atoms with Crippen LogP contribution in [0.2, 0.25) is 0 Å². The first-order valence-electron chi connectivity index (χ1n) is 11.9. The van der Waals surface area contributed by atoms with Gasteiger partial charge in [0.15, 0.2) is 0 Å². The Morgan fingerprint density at radius 3 is 2.55 bits per heavy atom. The molecule has 0 aromatic carbocycles. The Labute approximate surface area is 184 Å². The van der Waals surface area contributed by atoms with E-state index >= 15 is 0 Å². The molecule has 2 bridgehead atoms. The van der Waals surface area contributed by atoms with Crippen molar-refractivity contribution in [2.24, 2.45) is 28.6 Å². The highest BCUT2D eigenvalue weighted by Crippen LogP contribution is 2.73. The molecule has 8 atom stereocenters. The third-order valence-corrected chi connectivity index (χ3v) is 10.1. The number of hydrogen-bond acceptors (Lipinski definition) is 6. The summed E-state index contributed by atoms with van der Waals surface area (Å²) >= 11 is 0. The molecule has 6 heteroatoms. The van der Waals surface area contributed by atoms with Crippen molar-refractivity contribution in [2.75, 3.05) is 7.11 Å². The fraction of sp³-hybridized carbons (Fsp3) is 0.840. The lowest BCUT2D eigenvalue weighted by molar-refractivity contribution is -0.494.